The summed E-state index contributed by atoms with van der Waals surface area (Å²) in [6.45, 7) is 7.02. The fraction of sp³-hybridized carbons (Fsp3) is 0.636. The van der Waals surface area contributed by atoms with Gasteiger partial charge in [-0.1, -0.05) is 6.08 Å². The van der Waals surface area contributed by atoms with Crippen molar-refractivity contribution in [3.8, 4) is 0 Å². The minimum atomic E-state index is -0.277. The van der Waals surface area contributed by atoms with E-state index in [9.17, 15) is 9.59 Å². The molecule has 5 nitrogen and oxygen atoms in total. The van der Waals surface area contributed by atoms with E-state index in [2.05, 4.69) is 11.9 Å². The summed E-state index contributed by atoms with van der Waals surface area (Å²) in [4.78, 5) is 24.1. The summed E-state index contributed by atoms with van der Waals surface area (Å²) in [6, 6.07) is 0. The molecule has 0 spiro atoms. The number of hydrogen-bond donors (Lipinski definition) is 1. The number of esters is 1. The molecule has 0 aliphatic heterocycles. The van der Waals surface area contributed by atoms with Crippen molar-refractivity contribution >= 4 is 11.9 Å². The molecule has 0 fully saturated rings. The lowest BCUT2D eigenvalue weighted by Gasteiger charge is -2.18. The molecule has 0 saturated heterocycles. The van der Waals surface area contributed by atoms with Crippen LogP contribution in [0.15, 0.2) is 12.7 Å². The van der Waals surface area contributed by atoms with Crippen LogP contribution in [0.2, 0.25) is 0 Å². The van der Waals surface area contributed by atoms with Crippen molar-refractivity contribution in [1.82, 2.24) is 10.2 Å². The van der Waals surface area contributed by atoms with Gasteiger partial charge in [0.05, 0.1) is 13.2 Å². The first-order chi connectivity index (χ1) is 7.63. The van der Waals surface area contributed by atoms with Crippen LogP contribution in [-0.2, 0) is 14.3 Å². The summed E-state index contributed by atoms with van der Waals surface area (Å²) >= 11 is 0. The highest BCUT2D eigenvalue weighted by atomic mass is 16.5. The lowest BCUT2D eigenvalue weighted by atomic mass is 10.3. The summed E-state index contributed by atoms with van der Waals surface area (Å²) in [5.74, 6) is -0.320. The fourth-order valence-corrected chi connectivity index (χ4v) is 1.19. The van der Waals surface area contributed by atoms with Gasteiger partial charge in [-0.05, 0) is 6.92 Å². The van der Waals surface area contributed by atoms with E-state index in [-0.39, 0.29) is 18.4 Å². The second-order valence-electron chi connectivity index (χ2n) is 3.25. The Hall–Kier alpha value is -1.36. The second-order valence-corrected chi connectivity index (χ2v) is 3.25. The zero-order valence-corrected chi connectivity index (χ0v) is 9.99. The lowest BCUT2D eigenvalue weighted by Crippen LogP contribution is -2.34. The predicted octanol–water partition coefficient (Wildman–Crippen LogP) is 0.174. The molecule has 0 aromatic rings. The first kappa shape index (κ1) is 14.6. The molecular weight excluding hydrogens is 208 g/mol. The van der Waals surface area contributed by atoms with E-state index < -0.39 is 0 Å². The van der Waals surface area contributed by atoms with Crippen LogP contribution in [0.1, 0.15) is 13.3 Å². The fourth-order valence-electron chi connectivity index (χ4n) is 1.19. The monoisotopic (exact) mass is 228 g/mol. The molecule has 0 saturated carbocycles. The Morgan fingerprint density at radius 1 is 1.50 bits per heavy atom. The number of hydrogen-bond acceptors (Lipinski definition) is 4. The summed E-state index contributed by atoms with van der Waals surface area (Å²) in [5.41, 5.74) is 0. The van der Waals surface area contributed by atoms with Crippen molar-refractivity contribution in [3.63, 3.8) is 0 Å². The molecule has 0 aliphatic rings. The van der Waals surface area contributed by atoms with E-state index in [4.69, 9.17) is 4.74 Å². The first-order valence-corrected chi connectivity index (χ1v) is 5.33. The van der Waals surface area contributed by atoms with Crippen LogP contribution >= 0.6 is 0 Å². The standard InChI is InChI=1S/C11H20N2O3/c1-4-7-13(8-6-10(14)12-3)9-11(15)16-5-2/h4H,1,5-9H2,2-3H3,(H,12,14). The third kappa shape index (κ3) is 7.00. The molecule has 0 heterocycles. The van der Waals surface area contributed by atoms with Crippen molar-refractivity contribution in [2.75, 3.05) is 33.3 Å². The van der Waals surface area contributed by atoms with Gasteiger partial charge in [-0.2, -0.15) is 0 Å². The Labute approximate surface area is 96.4 Å². The average Bonchev–Trinajstić information content (AvgIpc) is 2.26. The van der Waals surface area contributed by atoms with Gasteiger partial charge in [-0.3, -0.25) is 14.5 Å². The van der Waals surface area contributed by atoms with Crippen molar-refractivity contribution in [3.05, 3.63) is 12.7 Å². The van der Waals surface area contributed by atoms with Crippen molar-refractivity contribution in [1.29, 1.82) is 0 Å². The average molecular weight is 228 g/mol. The van der Waals surface area contributed by atoms with Crippen LogP contribution in [0.4, 0.5) is 0 Å². The number of nitrogens with zero attached hydrogens (tertiary/aromatic N) is 1. The maximum atomic E-state index is 11.2. The molecule has 1 amide bonds. The molecule has 0 bridgehead atoms. The lowest BCUT2D eigenvalue weighted by molar-refractivity contribution is -0.144. The molecule has 0 radical (unpaired) electrons. The smallest absolute Gasteiger partial charge is 0.320 e. The zero-order chi connectivity index (χ0) is 12.4. The summed E-state index contributed by atoms with van der Waals surface area (Å²) < 4.78 is 4.84. The van der Waals surface area contributed by atoms with Crippen LogP contribution in [0.25, 0.3) is 0 Å². The van der Waals surface area contributed by atoms with E-state index in [1.165, 1.54) is 0 Å². The molecule has 0 unspecified atom stereocenters. The number of rotatable bonds is 8. The number of amides is 1. The van der Waals surface area contributed by atoms with Crippen LogP contribution in [0.5, 0.6) is 0 Å². The van der Waals surface area contributed by atoms with E-state index in [1.54, 1.807) is 20.0 Å². The molecule has 0 aliphatic carbocycles. The number of carbonyl (C=O) groups is 2. The quantitative estimate of drug-likeness (QED) is 0.475. The number of nitrogens with one attached hydrogen (secondary N) is 1. The highest BCUT2D eigenvalue weighted by molar-refractivity contribution is 5.76. The van der Waals surface area contributed by atoms with Gasteiger partial charge >= 0.3 is 5.97 Å². The molecule has 5 heteroatoms. The SMILES string of the molecule is C=CCN(CCC(=O)NC)CC(=O)OCC. The Morgan fingerprint density at radius 2 is 2.19 bits per heavy atom. The van der Waals surface area contributed by atoms with Crippen molar-refractivity contribution in [2.45, 2.75) is 13.3 Å². The molecule has 92 valence electrons. The minimum absolute atomic E-state index is 0.0436. The molecule has 0 rings (SSSR count). The van der Waals surface area contributed by atoms with Crippen LogP contribution in [0.3, 0.4) is 0 Å². The van der Waals surface area contributed by atoms with E-state index in [0.717, 1.165) is 0 Å². The molecule has 0 aromatic carbocycles. The van der Waals surface area contributed by atoms with Gasteiger partial charge in [0.15, 0.2) is 0 Å². The molecule has 16 heavy (non-hydrogen) atoms. The zero-order valence-electron chi connectivity index (χ0n) is 9.99. The third-order valence-electron chi connectivity index (χ3n) is 1.98. The minimum Gasteiger partial charge on any atom is -0.465 e. The highest BCUT2D eigenvalue weighted by Gasteiger charge is 2.11. The third-order valence-corrected chi connectivity index (χ3v) is 1.98. The first-order valence-electron chi connectivity index (χ1n) is 5.33. The Bertz CT molecular complexity index is 241. The summed E-state index contributed by atoms with van der Waals surface area (Å²) in [5, 5.41) is 2.53. The maximum absolute atomic E-state index is 11.2. The summed E-state index contributed by atoms with van der Waals surface area (Å²) in [6.07, 6.45) is 2.06. The molecule has 0 atom stereocenters. The topological polar surface area (TPSA) is 58.6 Å². The van der Waals surface area contributed by atoms with E-state index in [1.807, 2.05) is 4.90 Å². The van der Waals surface area contributed by atoms with Gasteiger partial charge in [-0.15, -0.1) is 6.58 Å². The maximum Gasteiger partial charge on any atom is 0.320 e. The van der Waals surface area contributed by atoms with Crippen LogP contribution in [-0.4, -0.2) is 50.1 Å². The van der Waals surface area contributed by atoms with Gasteiger partial charge < -0.3 is 10.1 Å². The van der Waals surface area contributed by atoms with E-state index in [0.29, 0.717) is 26.1 Å². The van der Waals surface area contributed by atoms with Gasteiger partial charge in [0.25, 0.3) is 0 Å². The normalized spacial score (nSPS) is 9.94. The van der Waals surface area contributed by atoms with Crippen molar-refractivity contribution in [2.24, 2.45) is 0 Å². The number of ether oxygens (including phenoxy) is 1. The molecule has 0 aromatic heterocycles. The molecular formula is C11H20N2O3. The van der Waals surface area contributed by atoms with Crippen LogP contribution < -0.4 is 5.32 Å². The Balaban J connectivity index is 4.00. The van der Waals surface area contributed by atoms with Gasteiger partial charge in [-0.25, -0.2) is 0 Å². The highest BCUT2D eigenvalue weighted by Crippen LogP contribution is 1.94. The van der Waals surface area contributed by atoms with Gasteiger partial charge in [0.2, 0.25) is 5.91 Å². The Kier molecular flexibility index (Phi) is 8.15. The largest absolute Gasteiger partial charge is 0.465 e. The number of carbonyl (C=O) groups excluding carboxylic acids is 2. The van der Waals surface area contributed by atoms with Crippen LogP contribution in [0, 0.1) is 0 Å². The van der Waals surface area contributed by atoms with Crippen molar-refractivity contribution < 1.29 is 14.3 Å². The Morgan fingerprint density at radius 3 is 2.69 bits per heavy atom. The summed E-state index contributed by atoms with van der Waals surface area (Å²) in [7, 11) is 1.59. The molecule has 1 N–H and O–H groups in total. The second kappa shape index (κ2) is 8.91. The van der Waals surface area contributed by atoms with E-state index >= 15 is 0 Å². The van der Waals surface area contributed by atoms with Gasteiger partial charge in [0.1, 0.15) is 0 Å². The predicted molar refractivity (Wildman–Crippen MR) is 62.0 cm³/mol. The van der Waals surface area contributed by atoms with Gasteiger partial charge in [0, 0.05) is 26.6 Å².